The summed E-state index contributed by atoms with van der Waals surface area (Å²) in [4.78, 5) is 10.2. The molecule has 0 bridgehead atoms. The lowest BCUT2D eigenvalue weighted by atomic mass is 10.1. The highest BCUT2D eigenvalue weighted by Crippen LogP contribution is 2.35. The van der Waals surface area contributed by atoms with Gasteiger partial charge in [-0.05, 0) is 6.07 Å². The van der Waals surface area contributed by atoms with Crippen LogP contribution in [-0.2, 0) is 0 Å². The molecule has 2 nitrogen and oxygen atoms in total. The second-order valence-corrected chi connectivity index (χ2v) is 5.87. The summed E-state index contributed by atoms with van der Waals surface area (Å²) in [6, 6.07) is 18.1. The van der Waals surface area contributed by atoms with Crippen LogP contribution >= 0.6 is 22.9 Å². The van der Waals surface area contributed by atoms with Crippen molar-refractivity contribution < 1.29 is 0 Å². The van der Waals surface area contributed by atoms with Crippen molar-refractivity contribution >= 4 is 43.4 Å². The fourth-order valence-electron chi connectivity index (χ4n) is 2.28. The van der Waals surface area contributed by atoms with Crippen LogP contribution in [0.1, 0.15) is 0 Å². The third-order valence-electron chi connectivity index (χ3n) is 3.22. The van der Waals surface area contributed by atoms with Gasteiger partial charge in [-0.1, -0.05) is 60.1 Å². The molecule has 0 saturated carbocycles. The number of thiophene rings is 1. The van der Waals surface area contributed by atoms with Gasteiger partial charge in [-0.15, -0.1) is 11.3 Å². The summed E-state index contributed by atoms with van der Waals surface area (Å²) in [5, 5.41) is 1.56. The van der Waals surface area contributed by atoms with E-state index in [4.69, 9.17) is 16.6 Å². The zero-order valence-corrected chi connectivity index (χ0v) is 11.9. The first kappa shape index (κ1) is 11.8. The molecule has 4 aromatic rings. The molecule has 2 aromatic heterocycles. The number of benzene rings is 2. The molecular weight excluding hydrogens is 288 g/mol. The van der Waals surface area contributed by atoms with Crippen LogP contribution in [0.15, 0.2) is 54.6 Å². The van der Waals surface area contributed by atoms with Crippen molar-refractivity contribution in [3.63, 3.8) is 0 Å². The Hall–Kier alpha value is -1.97. The molecule has 4 heteroatoms. The van der Waals surface area contributed by atoms with Gasteiger partial charge in [0.05, 0.1) is 0 Å². The lowest BCUT2D eigenvalue weighted by molar-refractivity contribution is 1.32. The minimum atomic E-state index is 0.451. The number of hydrogen-bond acceptors (Lipinski definition) is 3. The maximum atomic E-state index is 6.33. The van der Waals surface area contributed by atoms with Crippen molar-refractivity contribution in [2.45, 2.75) is 0 Å². The van der Waals surface area contributed by atoms with Gasteiger partial charge in [0.2, 0.25) is 0 Å². The third kappa shape index (κ3) is 1.79. The Morgan fingerprint density at radius 2 is 1.60 bits per heavy atom. The van der Waals surface area contributed by atoms with E-state index in [9.17, 15) is 0 Å². The summed E-state index contributed by atoms with van der Waals surface area (Å²) < 4.78 is 1.18. The zero-order chi connectivity index (χ0) is 13.5. The summed E-state index contributed by atoms with van der Waals surface area (Å²) in [5.74, 6) is 0. The molecule has 2 aromatic carbocycles. The van der Waals surface area contributed by atoms with E-state index < -0.39 is 0 Å². The second kappa shape index (κ2) is 4.54. The van der Waals surface area contributed by atoms with Crippen molar-refractivity contribution in [1.29, 1.82) is 0 Å². The number of fused-ring (bicyclic) bond motifs is 3. The predicted octanol–water partition coefficient (Wildman–Crippen LogP) is 5.16. The first-order valence-electron chi connectivity index (χ1n) is 6.23. The van der Waals surface area contributed by atoms with E-state index in [2.05, 4.69) is 17.1 Å². The van der Waals surface area contributed by atoms with Gasteiger partial charge in [0, 0.05) is 15.6 Å². The zero-order valence-electron chi connectivity index (χ0n) is 10.4. The molecule has 4 rings (SSSR count). The monoisotopic (exact) mass is 296 g/mol. The second-order valence-electron chi connectivity index (χ2n) is 4.48. The molecule has 0 radical (unpaired) electrons. The standard InChI is InChI=1S/C16H9ClN2S/c17-15-13(10-6-2-1-3-7-10)19-16-14(18-15)11-8-4-5-9-12(11)20-16/h1-9H. The van der Waals surface area contributed by atoms with Gasteiger partial charge in [-0.25, -0.2) is 9.97 Å². The number of rotatable bonds is 1. The van der Waals surface area contributed by atoms with Crippen LogP contribution in [-0.4, -0.2) is 9.97 Å². The molecule has 0 aliphatic rings. The lowest BCUT2D eigenvalue weighted by Gasteiger charge is -2.02. The molecule has 0 aliphatic heterocycles. The highest BCUT2D eigenvalue weighted by molar-refractivity contribution is 7.25. The maximum Gasteiger partial charge on any atom is 0.156 e. The van der Waals surface area contributed by atoms with Crippen LogP contribution in [0, 0.1) is 0 Å². The highest BCUT2D eigenvalue weighted by Gasteiger charge is 2.13. The number of aromatic nitrogens is 2. The topological polar surface area (TPSA) is 25.8 Å². The fourth-order valence-corrected chi connectivity index (χ4v) is 3.54. The Bertz CT molecular complexity index is 916. The normalized spacial score (nSPS) is 11.2. The molecule has 0 N–H and O–H groups in total. The van der Waals surface area contributed by atoms with Crippen LogP contribution in [0.3, 0.4) is 0 Å². The summed E-state index contributed by atoms with van der Waals surface area (Å²) >= 11 is 7.97. The van der Waals surface area contributed by atoms with Crippen LogP contribution in [0.2, 0.25) is 5.15 Å². The number of nitrogens with zero attached hydrogens (tertiary/aromatic N) is 2. The van der Waals surface area contributed by atoms with Crippen LogP contribution < -0.4 is 0 Å². The van der Waals surface area contributed by atoms with E-state index in [1.54, 1.807) is 11.3 Å². The van der Waals surface area contributed by atoms with E-state index >= 15 is 0 Å². The number of halogens is 1. The third-order valence-corrected chi connectivity index (χ3v) is 4.53. The molecule has 96 valence electrons. The van der Waals surface area contributed by atoms with Crippen molar-refractivity contribution in [3.05, 3.63) is 59.8 Å². The van der Waals surface area contributed by atoms with Gasteiger partial charge in [0.25, 0.3) is 0 Å². The summed E-state index contributed by atoms with van der Waals surface area (Å²) in [6.45, 7) is 0. The molecular formula is C16H9ClN2S. The minimum Gasteiger partial charge on any atom is -0.232 e. The molecule has 0 spiro atoms. The Morgan fingerprint density at radius 1 is 0.850 bits per heavy atom. The Labute approximate surface area is 124 Å². The Balaban J connectivity index is 2.05. The van der Waals surface area contributed by atoms with Crippen LogP contribution in [0.25, 0.3) is 31.7 Å². The highest BCUT2D eigenvalue weighted by atomic mass is 35.5. The Morgan fingerprint density at radius 3 is 2.45 bits per heavy atom. The Kier molecular flexibility index (Phi) is 2.69. The maximum absolute atomic E-state index is 6.33. The van der Waals surface area contributed by atoms with E-state index in [1.165, 1.54) is 4.70 Å². The molecule has 2 heterocycles. The molecule has 0 unspecified atom stereocenters. The van der Waals surface area contributed by atoms with E-state index in [1.807, 2.05) is 42.5 Å². The summed E-state index contributed by atoms with van der Waals surface area (Å²) in [5.41, 5.74) is 2.62. The average Bonchev–Trinajstić information content (AvgIpc) is 2.85. The quantitative estimate of drug-likeness (QED) is 0.484. The lowest BCUT2D eigenvalue weighted by Crippen LogP contribution is -1.88. The van der Waals surface area contributed by atoms with E-state index in [-0.39, 0.29) is 0 Å². The van der Waals surface area contributed by atoms with Crippen LogP contribution in [0.4, 0.5) is 0 Å². The van der Waals surface area contributed by atoms with Gasteiger partial charge in [-0.2, -0.15) is 0 Å². The van der Waals surface area contributed by atoms with Crippen molar-refractivity contribution in [3.8, 4) is 11.3 Å². The molecule has 0 atom stereocenters. The van der Waals surface area contributed by atoms with E-state index in [0.717, 1.165) is 27.0 Å². The SMILES string of the molecule is Clc1nc2c(nc1-c1ccccc1)sc1ccccc12. The van der Waals surface area contributed by atoms with Crippen molar-refractivity contribution in [2.24, 2.45) is 0 Å². The van der Waals surface area contributed by atoms with E-state index in [0.29, 0.717) is 5.15 Å². The molecule has 0 aliphatic carbocycles. The van der Waals surface area contributed by atoms with Crippen molar-refractivity contribution in [2.75, 3.05) is 0 Å². The summed E-state index contributed by atoms with van der Waals surface area (Å²) in [6.07, 6.45) is 0. The minimum absolute atomic E-state index is 0.451. The molecule has 0 fully saturated rings. The van der Waals surface area contributed by atoms with Gasteiger partial charge in [-0.3, -0.25) is 0 Å². The van der Waals surface area contributed by atoms with Gasteiger partial charge in [0.15, 0.2) is 5.15 Å². The molecule has 0 saturated heterocycles. The van der Waals surface area contributed by atoms with Crippen LogP contribution in [0.5, 0.6) is 0 Å². The smallest absolute Gasteiger partial charge is 0.156 e. The summed E-state index contributed by atoms with van der Waals surface area (Å²) in [7, 11) is 0. The predicted molar refractivity (Wildman–Crippen MR) is 85.4 cm³/mol. The average molecular weight is 297 g/mol. The molecule has 0 amide bonds. The van der Waals surface area contributed by atoms with Gasteiger partial charge < -0.3 is 0 Å². The number of hydrogen-bond donors (Lipinski definition) is 0. The fraction of sp³-hybridized carbons (Fsp3) is 0. The van der Waals surface area contributed by atoms with Gasteiger partial charge >= 0.3 is 0 Å². The van der Waals surface area contributed by atoms with Gasteiger partial charge in [0.1, 0.15) is 16.0 Å². The first-order valence-corrected chi connectivity index (χ1v) is 7.42. The first-order chi connectivity index (χ1) is 9.83. The molecule has 20 heavy (non-hydrogen) atoms. The van der Waals surface area contributed by atoms with Crippen molar-refractivity contribution in [1.82, 2.24) is 9.97 Å². The largest absolute Gasteiger partial charge is 0.232 e.